The second-order valence-electron chi connectivity index (χ2n) is 12.1. The van der Waals surface area contributed by atoms with Crippen LogP contribution in [0, 0.1) is 12.3 Å². The number of nitrogens with one attached hydrogen (secondary N) is 4. The summed E-state index contributed by atoms with van der Waals surface area (Å²) in [5, 5.41) is 30.0. The molecule has 1 heterocycles. The lowest BCUT2D eigenvalue weighted by Gasteiger charge is -2.31. The molecule has 44 heavy (non-hydrogen) atoms. The molecule has 4 aromatic rings. The van der Waals surface area contributed by atoms with Gasteiger partial charge in [0.15, 0.2) is 0 Å². The van der Waals surface area contributed by atoms with E-state index in [2.05, 4.69) is 20.9 Å². The van der Waals surface area contributed by atoms with Crippen LogP contribution in [0.3, 0.4) is 0 Å². The molecule has 1 aromatic heterocycles. The van der Waals surface area contributed by atoms with Crippen LogP contribution >= 0.6 is 0 Å². The van der Waals surface area contributed by atoms with Crippen molar-refractivity contribution in [3.63, 3.8) is 0 Å². The summed E-state index contributed by atoms with van der Waals surface area (Å²) in [5.74, 6) is -1.24. The quantitative estimate of drug-likeness (QED) is 0.0992. The molecule has 2 atom stereocenters. The minimum atomic E-state index is -0.969. The van der Waals surface area contributed by atoms with Crippen LogP contribution in [-0.2, 0) is 22.4 Å². The summed E-state index contributed by atoms with van der Waals surface area (Å²) in [5.41, 5.74) is 4.93. The van der Waals surface area contributed by atoms with Gasteiger partial charge in [-0.15, -0.1) is 0 Å². The van der Waals surface area contributed by atoms with Gasteiger partial charge in [-0.25, -0.2) is 4.79 Å². The molecule has 0 radical (unpaired) electrons. The van der Waals surface area contributed by atoms with Crippen molar-refractivity contribution < 1.29 is 24.6 Å². The Kier molecular flexibility index (Phi) is 10.8. The number of carbonyl (C=O) groups is 3. The third kappa shape index (κ3) is 9.18. The van der Waals surface area contributed by atoms with E-state index in [-0.39, 0.29) is 31.2 Å². The van der Waals surface area contributed by atoms with Gasteiger partial charge in [-0.3, -0.25) is 9.59 Å². The largest absolute Gasteiger partial charge is 0.481 e. The van der Waals surface area contributed by atoms with Gasteiger partial charge in [0, 0.05) is 40.9 Å². The number of hydrogen-bond donors (Lipinski definition) is 6. The number of H-pyrrole nitrogens is 1. The second kappa shape index (κ2) is 14.7. The molecule has 0 spiro atoms. The number of benzene rings is 3. The number of aromatic amines is 1. The van der Waals surface area contributed by atoms with Crippen molar-refractivity contribution in [1.29, 1.82) is 0 Å². The Bertz CT molecular complexity index is 1580. The first-order valence-corrected chi connectivity index (χ1v) is 15.0. The molecule has 9 nitrogen and oxygen atoms in total. The predicted octanol–water partition coefficient (Wildman–Crippen LogP) is 6.42. The molecule has 0 fully saturated rings. The molecule has 3 aromatic carbocycles. The molecule has 9 heteroatoms. The normalized spacial score (nSPS) is 12.8. The van der Waals surface area contributed by atoms with Crippen LogP contribution in [0.5, 0.6) is 0 Å². The number of urea groups is 1. The number of aliphatic hydroxyl groups excluding tert-OH is 1. The first kappa shape index (κ1) is 32.3. The first-order chi connectivity index (χ1) is 21.0. The van der Waals surface area contributed by atoms with E-state index < -0.39 is 23.5 Å². The molecule has 0 saturated carbocycles. The summed E-state index contributed by atoms with van der Waals surface area (Å²) in [4.78, 5) is 39.9. The van der Waals surface area contributed by atoms with E-state index in [1.54, 1.807) is 0 Å². The van der Waals surface area contributed by atoms with Crippen molar-refractivity contribution >= 4 is 40.2 Å². The number of aliphatic hydroxyl groups is 1. The molecular weight excluding hydrogens is 556 g/mol. The van der Waals surface area contributed by atoms with Crippen LogP contribution in [0.1, 0.15) is 56.2 Å². The average Bonchev–Trinajstić information content (AvgIpc) is 3.39. The lowest BCUT2D eigenvalue weighted by Crippen LogP contribution is -2.38. The highest BCUT2D eigenvalue weighted by atomic mass is 16.4. The van der Waals surface area contributed by atoms with E-state index in [0.29, 0.717) is 24.9 Å². The van der Waals surface area contributed by atoms with E-state index in [4.69, 9.17) is 0 Å². The highest BCUT2D eigenvalue weighted by Gasteiger charge is 2.29. The average molecular weight is 599 g/mol. The van der Waals surface area contributed by atoms with Crippen molar-refractivity contribution in [2.75, 3.05) is 10.6 Å². The molecule has 6 N–H and O–H groups in total. The Morgan fingerprint density at radius 1 is 0.909 bits per heavy atom. The molecule has 0 aliphatic carbocycles. The molecule has 0 saturated heterocycles. The summed E-state index contributed by atoms with van der Waals surface area (Å²) in [6.45, 7) is 5.83. The molecular formula is C35H42N4O5. The molecule has 1 unspecified atom stereocenters. The highest BCUT2D eigenvalue weighted by molar-refractivity contribution is 6.00. The summed E-state index contributed by atoms with van der Waals surface area (Å²) in [6, 6.07) is 22.1. The summed E-state index contributed by atoms with van der Waals surface area (Å²) in [7, 11) is 0. The lowest BCUT2D eigenvalue weighted by atomic mass is 9.78. The number of carboxylic acid groups (broad SMARTS) is 1. The molecule has 4 rings (SSSR count). The fourth-order valence-electron chi connectivity index (χ4n) is 5.41. The van der Waals surface area contributed by atoms with Crippen molar-refractivity contribution in [2.24, 2.45) is 5.41 Å². The van der Waals surface area contributed by atoms with E-state index in [1.165, 1.54) is 0 Å². The van der Waals surface area contributed by atoms with Crippen molar-refractivity contribution in [1.82, 2.24) is 10.3 Å². The zero-order valence-electron chi connectivity index (χ0n) is 25.5. The van der Waals surface area contributed by atoms with Crippen LogP contribution in [0.2, 0.25) is 0 Å². The van der Waals surface area contributed by atoms with Gasteiger partial charge in [-0.05, 0) is 79.0 Å². The number of carbonyl (C=O) groups excluding carboxylic acids is 2. The van der Waals surface area contributed by atoms with Crippen molar-refractivity contribution in [2.45, 2.75) is 71.4 Å². The topological polar surface area (TPSA) is 144 Å². The van der Waals surface area contributed by atoms with Crippen LogP contribution < -0.4 is 16.0 Å². The van der Waals surface area contributed by atoms with E-state index in [9.17, 15) is 24.6 Å². The molecule has 0 bridgehead atoms. The number of aryl methyl sites for hydroxylation is 2. The number of hydrogen-bond acceptors (Lipinski definition) is 4. The second-order valence-corrected chi connectivity index (χ2v) is 12.1. The van der Waals surface area contributed by atoms with Crippen LogP contribution in [0.4, 0.5) is 16.2 Å². The van der Waals surface area contributed by atoms with Crippen LogP contribution in [-0.4, -0.2) is 45.3 Å². The maximum Gasteiger partial charge on any atom is 0.323 e. The minimum Gasteiger partial charge on any atom is -0.481 e. The Labute approximate surface area is 258 Å². The number of anilines is 2. The third-order valence-corrected chi connectivity index (χ3v) is 8.03. The van der Waals surface area contributed by atoms with Gasteiger partial charge in [0.1, 0.15) is 0 Å². The Hall–Kier alpha value is -4.63. The fraction of sp³-hybridized carbons (Fsp3) is 0.343. The maximum atomic E-state index is 12.8. The lowest BCUT2D eigenvalue weighted by molar-refractivity contribution is -0.137. The summed E-state index contributed by atoms with van der Waals surface area (Å²) < 4.78 is 0. The monoisotopic (exact) mass is 598 g/mol. The van der Waals surface area contributed by atoms with E-state index in [0.717, 1.165) is 33.3 Å². The number of amides is 3. The van der Waals surface area contributed by atoms with Crippen LogP contribution in [0.25, 0.3) is 10.9 Å². The third-order valence-electron chi connectivity index (χ3n) is 8.03. The summed E-state index contributed by atoms with van der Waals surface area (Å²) in [6.07, 6.45) is 3.03. The minimum absolute atomic E-state index is 0.0899. The van der Waals surface area contributed by atoms with Crippen LogP contribution in [0.15, 0.2) is 79.0 Å². The van der Waals surface area contributed by atoms with Gasteiger partial charge >= 0.3 is 12.0 Å². The SMILES string of the molecule is Cc1ccccc1NC(=O)Nc1ccc(CC(C)(C)C(O)CCC(=O)N[C@H](CCc2c[nH]c3ccccc23)CC(=O)O)cc1. The number of fused-ring (bicyclic) bond motifs is 1. The maximum absolute atomic E-state index is 12.8. The number of rotatable bonds is 14. The van der Waals surface area contributed by atoms with E-state index >= 15 is 0 Å². The predicted molar refractivity (Wildman–Crippen MR) is 174 cm³/mol. The van der Waals surface area contributed by atoms with Gasteiger partial charge < -0.3 is 31.1 Å². The Balaban J connectivity index is 1.24. The van der Waals surface area contributed by atoms with Gasteiger partial charge in [-0.2, -0.15) is 0 Å². The highest BCUT2D eigenvalue weighted by Crippen LogP contribution is 2.29. The van der Waals surface area contributed by atoms with E-state index in [1.807, 2.05) is 99.8 Å². The number of aliphatic carboxylic acids is 1. The smallest absolute Gasteiger partial charge is 0.323 e. The molecule has 0 aliphatic rings. The van der Waals surface area contributed by atoms with Gasteiger partial charge in [-0.1, -0.05) is 62.4 Å². The zero-order valence-corrected chi connectivity index (χ0v) is 25.5. The number of carboxylic acids is 1. The van der Waals surface area contributed by atoms with Gasteiger partial charge in [0.2, 0.25) is 5.91 Å². The molecule has 232 valence electrons. The first-order valence-electron chi connectivity index (χ1n) is 15.0. The number of para-hydroxylation sites is 2. The Morgan fingerprint density at radius 2 is 1.61 bits per heavy atom. The van der Waals surface area contributed by atoms with Gasteiger partial charge in [0.05, 0.1) is 12.5 Å². The molecule has 0 aliphatic heterocycles. The zero-order chi connectivity index (χ0) is 31.7. The Morgan fingerprint density at radius 3 is 2.34 bits per heavy atom. The number of aromatic nitrogens is 1. The fourth-order valence-corrected chi connectivity index (χ4v) is 5.41. The standard InChI is InChI=1S/C35H42N4O5/c1-23-8-4-6-10-29(23)39-34(44)38-26-15-12-24(13-16-26)21-35(2,3)31(40)18-19-32(41)37-27(20-33(42)43)17-14-25-22-36-30-11-7-5-9-28(25)30/h4-13,15-16,22,27,31,36,40H,14,17-21H2,1-3H3,(H,37,41)(H,42,43)(H2,38,39,44)/t27-,31?/m1/s1. The summed E-state index contributed by atoms with van der Waals surface area (Å²) >= 11 is 0. The van der Waals surface area contributed by atoms with Crippen molar-refractivity contribution in [3.05, 3.63) is 95.7 Å². The van der Waals surface area contributed by atoms with Crippen molar-refractivity contribution in [3.8, 4) is 0 Å². The van der Waals surface area contributed by atoms with Gasteiger partial charge in [0.25, 0.3) is 0 Å². The molecule has 3 amide bonds.